The Morgan fingerprint density at radius 2 is 2.06 bits per heavy atom. The highest BCUT2D eigenvalue weighted by Gasteiger charge is 2.06. The molecular weight excluding hydrogens is 224 g/mol. The van der Waals surface area contributed by atoms with E-state index in [1.54, 1.807) is 13.1 Å². The topological polar surface area (TPSA) is 34.4 Å². The Hall–Kier alpha value is -2.42. The molecule has 18 heavy (non-hydrogen) atoms. The number of benzene rings is 1. The van der Waals surface area contributed by atoms with Crippen molar-refractivity contribution in [3.8, 4) is 11.1 Å². The minimum Gasteiger partial charge on any atom is -0.307 e. The smallest absolute Gasteiger partial charge is 0.159 e. The van der Waals surface area contributed by atoms with Crippen molar-refractivity contribution in [3.05, 3.63) is 60.6 Å². The summed E-state index contributed by atoms with van der Waals surface area (Å²) in [6.45, 7) is 1.58. The summed E-state index contributed by atoms with van der Waals surface area (Å²) in [4.78, 5) is 15.8. The predicted molar refractivity (Wildman–Crippen MR) is 70.6 cm³/mol. The van der Waals surface area contributed by atoms with Crippen molar-refractivity contribution in [1.29, 1.82) is 0 Å². The first-order valence-corrected chi connectivity index (χ1v) is 5.79. The van der Waals surface area contributed by atoms with E-state index < -0.39 is 0 Å². The molecule has 0 aliphatic rings. The van der Waals surface area contributed by atoms with Gasteiger partial charge in [-0.25, -0.2) is 4.98 Å². The highest BCUT2D eigenvalue weighted by molar-refractivity contribution is 5.95. The molecule has 1 aromatic carbocycles. The molecule has 0 unspecified atom stereocenters. The Balaban J connectivity index is 2.23. The number of hydrogen-bond acceptors (Lipinski definition) is 2. The molecule has 0 bridgehead atoms. The number of imidazole rings is 1. The van der Waals surface area contributed by atoms with Crippen LogP contribution < -0.4 is 0 Å². The zero-order chi connectivity index (χ0) is 12.5. The normalized spacial score (nSPS) is 10.7. The van der Waals surface area contributed by atoms with Gasteiger partial charge in [0.1, 0.15) is 5.65 Å². The lowest BCUT2D eigenvalue weighted by molar-refractivity contribution is 0.101. The number of Topliss-reactive ketones (excluding diaryl/α,β-unsaturated/α-hetero) is 1. The molecule has 0 spiro atoms. The van der Waals surface area contributed by atoms with E-state index in [1.807, 2.05) is 53.2 Å². The molecule has 2 aromatic heterocycles. The number of fused-ring (bicyclic) bond motifs is 1. The second-order valence-corrected chi connectivity index (χ2v) is 4.22. The van der Waals surface area contributed by atoms with Crippen LogP contribution in [-0.4, -0.2) is 15.2 Å². The van der Waals surface area contributed by atoms with Crippen LogP contribution in [-0.2, 0) is 0 Å². The average molecular weight is 236 g/mol. The number of rotatable bonds is 2. The Bertz CT molecular complexity index is 728. The van der Waals surface area contributed by atoms with Crippen molar-refractivity contribution in [2.75, 3.05) is 0 Å². The van der Waals surface area contributed by atoms with Crippen molar-refractivity contribution in [3.63, 3.8) is 0 Å². The van der Waals surface area contributed by atoms with Gasteiger partial charge in [-0.05, 0) is 30.7 Å². The van der Waals surface area contributed by atoms with Crippen LogP contribution in [0.1, 0.15) is 17.3 Å². The minimum absolute atomic E-state index is 0.0761. The summed E-state index contributed by atoms with van der Waals surface area (Å²) >= 11 is 0. The van der Waals surface area contributed by atoms with Crippen LogP contribution in [0.5, 0.6) is 0 Å². The number of hydrogen-bond donors (Lipinski definition) is 0. The minimum atomic E-state index is 0.0761. The SMILES string of the molecule is CC(=O)c1cccc(-c2cccn3ccnc23)c1. The van der Waals surface area contributed by atoms with E-state index >= 15 is 0 Å². The molecule has 0 atom stereocenters. The van der Waals surface area contributed by atoms with Crippen molar-refractivity contribution in [2.45, 2.75) is 6.92 Å². The molecule has 2 heterocycles. The molecule has 0 fully saturated rings. The lowest BCUT2D eigenvalue weighted by atomic mass is 10.0. The quantitative estimate of drug-likeness (QED) is 0.640. The first-order chi connectivity index (χ1) is 8.75. The van der Waals surface area contributed by atoms with Gasteiger partial charge in [0.25, 0.3) is 0 Å². The third-order valence-electron chi connectivity index (χ3n) is 3.00. The molecule has 0 radical (unpaired) electrons. The van der Waals surface area contributed by atoms with Crippen LogP contribution in [0.2, 0.25) is 0 Å². The Kier molecular flexibility index (Phi) is 2.45. The second kappa shape index (κ2) is 4.11. The van der Waals surface area contributed by atoms with Crippen LogP contribution in [0, 0.1) is 0 Å². The molecule has 0 aliphatic heterocycles. The summed E-state index contributed by atoms with van der Waals surface area (Å²) < 4.78 is 1.97. The van der Waals surface area contributed by atoms with Gasteiger partial charge in [-0.2, -0.15) is 0 Å². The zero-order valence-corrected chi connectivity index (χ0v) is 10.00. The molecular formula is C15H12N2O. The van der Waals surface area contributed by atoms with E-state index in [9.17, 15) is 4.79 Å². The fourth-order valence-electron chi connectivity index (χ4n) is 2.08. The van der Waals surface area contributed by atoms with Crippen LogP contribution in [0.25, 0.3) is 16.8 Å². The van der Waals surface area contributed by atoms with Crippen LogP contribution in [0.15, 0.2) is 55.0 Å². The van der Waals surface area contributed by atoms with Gasteiger partial charge in [0.15, 0.2) is 5.78 Å². The van der Waals surface area contributed by atoms with Gasteiger partial charge in [-0.1, -0.05) is 18.2 Å². The van der Waals surface area contributed by atoms with E-state index in [2.05, 4.69) is 4.98 Å². The highest BCUT2D eigenvalue weighted by Crippen LogP contribution is 2.24. The van der Waals surface area contributed by atoms with Gasteiger partial charge in [-0.3, -0.25) is 4.79 Å². The Labute approximate surface area is 105 Å². The lowest BCUT2D eigenvalue weighted by Crippen LogP contribution is -1.93. The molecule has 0 aliphatic carbocycles. The predicted octanol–water partition coefficient (Wildman–Crippen LogP) is 3.20. The van der Waals surface area contributed by atoms with Crippen LogP contribution in [0.3, 0.4) is 0 Å². The maximum absolute atomic E-state index is 11.4. The summed E-state index contributed by atoms with van der Waals surface area (Å²) in [7, 11) is 0. The standard InChI is InChI=1S/C15H12N2O/c1-11(18)12-4-2-5-13(10-12)14-6-3-8-17-9-7-16-15(14)17/h2-10H,1H3. The third kappa shape index (κ3) is 1.70. The Morgan fingerprint density at radius 3 is 2.89 bits per heavy atom. The zero-order valence-electron chi connectivity index (χ0n) is 10.00. The molecule has 3 rings (SSSR count). The van der Waals surface area contributed by atoms with Crippen LogP contribution in [0.4, 0.5) is 0 Å². The maximum atomic E-state index is 11.4. The number of aromatic nitrogens is 2. The fraction of sp³-hybridized carbons (Fsp3) is 0.0667. The van der Waals surface area contributed by atoms with E-state index in [0.717, 1.165) is 22.3 Å². The summed E-state index contributed by atoms with van der Waals surface area (Å²) in [5.41, 5.74) is 3.67. The van der Waals surface area contributed by atoms with Gasteiger partial charge in [0, 0.05) is 29.7 Å². The highest BCUT2D eigenvalue weighted by atomic mass is 16.1. The number of carbonyl (C=O) groups excluding carboxylic acids is 1. The molecule has 0 N–H and O–H groups in total. The first-order valence-electron chi connectivity index (χ1n) is 5.79. The second-order valence-electron chi connectivity index (χ2n) is 4.22. The maximum Gasteiger partial charge on any atom is 0.159 e. The largest absolute Gasteiger partial charge is 0.307 e. The molecule has 0 saturated carbocycles. The number of nitrogens with zero attached hydrogens (tertiary/aromatic N) is 2. The van der Waals surface area contributed by atoms with Crippen molar-refractivity contribution in [2.24, 2.45) is 0 Å². The summed E-state index contributed by atoms with van der Waals surface area (Å²) in [6.07, 6.45) is 5.64. The fourth-order valence-corrected chi connectivity index (χ4v) is 2.08. The number of carbonyl (C=O) groups is 1. The van der Waals surface area contributed by atoms with Gasteiger partial charge < -0.3 is 4.40 Å². The monoisotopic (exact) mass is 236 g/mol. The van der Waals surface area contributed by atoms with E-state index in [0.29, 0.717) is 0 Å². The van der Waals surface area contributed by atoms with Crippen LogP contribution >= 0.6 is 0 Å². The number of ketones is 1. The molecule has 0 amide bonds. The summed E-state index contributed by atoms with van der Waals surface area (Å²) in [6, 6.07) is 11.6. The van der Waals surface area contributed by atoms with E-state index in [-0.39, 0.29) is 5.78 Å². The van der Waals surface area contributed by atoms with Crippen molar-refractivity contribution < 1.29 is 4.79 Å². The third-order valence-corrected chi connectivity index (χ3v) is 3.00. The van der Waals surface area contributed by atoms with Crippen molar-refractivity contribution >= 4 is 11.4 Å². The lowest BCUT2D eigenvalue weighted by Gasteiger charge is -2.05. The number of pyridine rings is 1. The van der Waals surface area contributed by atoms with Gasteiger partial charge in [0.05, 0.1) is 0 Å². The molecule has 0 saturated heterocycles. The first kappa shape index (κ1) is 10.7. The summed E-state index contributed by atoms with van der Waals surface area (Å²) in [5, 5.41) is 0. The molecule has 88 valence electrons. The van der Waals surface area contributed by atoms with Gasteiger partial charge in [0.2, 0.25) is 0 Å². The van der Waals surface area contributed by atoms with Crippen molar-refractivity contribution in [1.82, 2.24) is 9.38 Å². The molecule has 3 aromatic rings. The molecule has 3 heteroatoms. The van der Waals surface area contributed by atoms with Gasteiger partial charge >= 0.3 is 0 Å². The van der Waals surface area contributed by atoms with Gasteiger partial charge in [-0.15, -0.1) is 0 Å². The summed E-state index contributed by atoms with van der Waals surface area (Å²) in [5.74, 6) is 0.0761. The van der Waals surface area contributed by atoms with E-state index in [4.69, 9.17) is 0 Å². The van der Waals surface area contributed by atoms with E-state index in [1.165, 1.54) is 0 Å². The Morgan fingerprint density at radius 1 is 1.17 bits per heavy atom. The average Bonchev–Trinajstić information content (AvgIpc) is 2.87. The molecule has 3 nitrogen and oxygen atoms in total.